The molecule has 4 rings (SSSR count). The summed E-state index contributed by atoms with van der Waals surface area (Å²) in [5.41, 5.74) is 0.609. The van der Waals surface area contributed by atoms with Crippen molar-refractivity contribution in [1.82, 2.24) is 20.0 Å². The van der Waals surface area contributed by atoms with Crippen LogP contribution in [-0.2, 0) is 15.1 Å². The van der Waals surface area contributed by atoms with Crippen molar-refractivity contribution in [1.29, 1.82) is 0 Å². The summed E-state index contributed by atoms with van der Waals surface area (Å²) in [5, 5.41) is 9.68. The van der Waals surface area contributed by atoms with Gasteiger partial charge in [0, 0.05) is 6.20 Å². The molecule has 0 spiro atoms. The molecule has 0 radical (unpaired) electrons. The molecule has 2 heterocycles. The molecule has 9 heteroatoms. The maximum absolute atomic E-state index is 13.0. The first-order valence-corrected chi connectivity index (χ1v) is 9.97. The normalized spacial score (nSPS) is 18.4. The first-order valence-electron chi connectivity index (χ1n) is 9.17. The topological polar surface area (TPSA) is 96.3 Å². The molecule has 0 saturated carbocycles. The van der Waals surface area contributed by atoms with Gasteiger partial charge in [0.1, 0.15) is 12.1 Å². The van der Waals surface area contributed by atoms with Crippen LogP contribution < -0.4 is 10.6 Å². The van der Waals surface area contributed by atoms with Crippen LogP contribution in [0.15, 0.2) is 71.5 Å². The van der Waals surface area contributed by atoms with Crippen molar-refractivity contribution >= 4 is 39.5 Å². The summed E-state index contributed by atoms with van der Waals surface area (Å²) in [4.78, 5) is 39.0. The zero-order valence-electron chi connectivity index (χ0n) is 16.0. The van der Waals surface area contributed by atoms with E-state index in [1.54, 1.807) is 66.5 Å². The lowest BCUT2D eigenvalue weighted by Crippen LogP contribution is -2.42. The number of urea groups is 1. The molecule has 2 aromatic carbocycles. The Morgan fingerprint density at radius 2 is 1.83 bits per heavy atom. The number of aromatic nitrogens is 2. The molecule has 0 aliphatic carbocycles. The highest BCUT2D eigenvalue weighted by atomic mass is 79.9. The Hall–Kier alpha value is -3.46. The van der Waals surface area contributed by atoms with Gasteiger partial charge in [-0.15, -0.1) is 0 Å². The minimum absolute atomic E-state index is 0.399. The second kappa shape index (κ2) is 7.75. The number of imide groups is 1. The fourth-order valence-electron chi connectivity index (χ4n) is 3.35. The molecule has 1 unspecified atom stereocenters. The summed E-state index contributed by atoms with van der Waals surface area (Å²) < 4.78 is 2.41. The second-order valence-electron chi connectivity index (χ2n) is 6.98. The van der Waals surface area contributed by atoms with Crippen molar-refractivity contribution in [3.63, 3.8) is 0 Å². The molecule has 4 amide bonds. The highest BCUT2D eigenvalue weighted by molar-refractivity contribution is 9.10. The molecule has 2 N–H and O–H groups in total. The van der Waals surface area contributed by atoms with Crippen LogP contribution in [0.4, 0.5) is 10.5 Å². The maximum atomic E-state index is 13.0. The molecular formula is C21H18BrN5O3. The molecule has 3 aromatic rings. The van der Waals surface area contributed by atoms with E-state index in [1.807, 2.05) is 12.1 Å². The van der Waals surface area contributed by atoms with Crippen LogP contribution in [0.2, 0.25) is 0 Å². The van der Waals surface area contributed by atoms with Crippen molar-refractivity contribution in [2.75, 3.05) is 11.9 Å². The Morgan fingerprint density at radius 3 is 2.53 bits per heavy atom. The summed E-state index contributed by atoms with van der Waals surface area (Å²) in [6.07, 6.45) is 3.39. The average molecular weight is 468 g/mol. The van der Waals surface area contributed by atoms with Gasteiger partial charge in [0.05, 0.1) is 22.0 Å². The van der Waals surface area contributed by atoms with Gasteiger partial charge in [-0.05, 0) is 40.5 Å². The van der Waals surface area contributed by atoms with Crippen LogP contribution in [-0.4, -0.2) is 39.1 Å². The van der Waals surface area contributed by atoms with Crippen LogP contribution >= 0.6 is 15.9 Å². The first-order chi connectivity index (χ1) is 14.4. The number of hydrogen-bond donors (Lipinski definition) is 2. The van der Waals surface area contributed by atoms with Gasteiger partial charge >= 0.3 is 6.03 Å². The molecule has 30 heavy (non-hydrogen) atoms. The van der Waals surface area contributed by atoms with Crippen molar-refractivity contribution in [3.8, 4) is 5.69 Å². The van der Waals surface area contributed by atoms with Gasteiger partial charge in [-0.3, -0.25) is 14.5 Å². The fraction of sp³-hybridized carbons (Fsp3) is 0.143. The fourth-order valence-corrected chi connectivity index (χ4v) is 3.64. The molecule has 152 valence electrons. The molecule has 1 atom stereocenters. The summed E-state index contributed by atoms with van der Waals surface area (Å²) >= 11 is 3.35. The van der Waals surface area contributed by atoms with E-state index in [0.717, 1.165) is 9.37 Å². The minimum atomic E-state index is -1.21. The third-order valence-electron chi connectivity index (χ3n) is 4.90. The zero-order chi connectivity index (χ0) is 21.3. The van der Waals surface area contributed by atoms with E-state index in [0.29, 0.717) is 16.9 Å². The SMILES string of the molecule is CC1(c2ccccc2)NC(=O)N(CC(=O)Nc2ccccc2-n2cc(Br)cn2)C1=O. The third kappa shape index (κ3) is 3.59. The lowest BCUT2D eigenvalue weighted by Gasteiger charge is -2.22. The monoisotopic (exact) mass is 467 g/mol. The molecule has 1 aliphatic heterocycles. The maximum Gasteiger partial charge on any atom is 0.325 e. The van der Waals surface area contributed by atoms with Crippen molar-refractivity contribution in [2.24, 2.45) is 0 Å². The Morgan fingerprint density at radius 1 is 1.13 bits per heavy atom. The van der Waals surface area contributed by atoms with Crippen molar-refractivity contribution in [3.05, 3.63) is 77.0 Å². The smallest absolute Gasteiger partial charge is 0.323 e. The Labute approximate surface area is 181 Å². The van der Waals surface area contributed by atoms with E-state index in [-0.39, 0.29) is 0 Å². The predicted molar refractivity (Wildman–Crippen MR) is 114 cm³/mol. The van der Waals surface area contributed by atoms with E-state index < -0.39 is 29.9 Å². The van der Waals surface area contributed by atoms with Gasteiger partial charge < -0.3 is 10.6 Å². The molecule has 8 nitrogen and oxygen atoms in total. The number of hydrogen-bond acceptors (Lipinski definition) is 4. The number of carbonyl (C=O) groups is 3. The number of rotatable bonds is 5. The number of carbonyl (C=O) groups excluding carboxylic acids is 3. The second-order valence-corrected chi connectivity index (χ2v) is 7.90. The molecule has 0 bridgehead atoms. The Kier molecular flexibility index (Phi) is 5.13. The van der Waals surface area contributed by atoms with E-state index in [2.05, 4.69) is 31.7 Å². The highest BCUT2D eigenvalue weighted by Crippen LogP contribution is 2.28. The van der Waals surface area contributed by atoms with E-state index in [9.17, 15) is 14.4 Å². The third-order valence-corrected chi connectivity index (χ3v) is 5.31. The van der Waals surface area contributed by atoms with Gasteiger partial charge in [-0.2, -0.15) is 5.10 Å². The predicted octanol–water partition coefficient (Wildman–Crippen LogP) is 3.04. The minimum Gasteiger partial charge on any atom is -0.323 e. The van der Waals surface area contributed by atoms with Gasteiger partial charge in [0.2, 0.25) is 5.91 Å². The zero-order valence-corrected chi connectivity index (χ0v) is 17.6. The summed E-state index contributed by atoms with van der Waals surface area (Å²) in [7, 11) is 0. The summed E-state index contributed by atoms with van der Waals surface area (Å²) in [6, 6.07) is 15.5. The van der Waals surface area contributed by atoms with Crippen LogP contribution in [0, 0.1) is 0 Å². The van der Waals surface area contributed by atoms with E-state index in [4.69, 9.17) is 0 Å². The van der Waals surface area contributed by atoms with Crippen LogP contribution in [0.5, 0.6) is 0 Å². The Bertz CT molecular complexity index is 1130. The summed E-state index contributed by atoms with van der Waals surface area (Å²) in [6.45, 7) is 1.23. The van der Waals surface area contributed by atoms with Crippen LogP contribution in [0.3, 0.4) is 0 Å². The molecule has 1 aromatic heterocycles. The Balaban J connectivity index is 1.52. The van der Waals surface area contributed by atoms with E-state index in [1.165, 1.54) is 0 Å². The molecular weight excluding hydrogens is 450 g/mol. The number of halogens is 1. The number of nitrogens with zero attached hydrogens (tertiary/aromatic N) is 3. The number of para-hydroxylation sites is 2. The lowest BCUT2D eigenvalue weighted by molar-refractivity contribution is -0.133. The largest absolute Gasteiger partial charge is 0.325 e. The van der Waals surface area contributed by atoms with Gasteiger partial charge in [0.25, 0.3) is 5.91 Å². The van der Waals surface area contributed by atoms with Gasteiger partial charge in [-0.25, -0.2) is 9.48 Å². The molecule has 1 aliphatic rings. The van der Waals surface area contributed by atoms with Crippen molar-refractivity contribution in [2.45, 2.75) is 12.5 Å². The summed E-state index contributed by atoms with van der Waals surface area (Å²) in [5.74, 6) is -0.965. The van der Waals surface area contributed by atoms with Crippen LogP contribution in [0.1, 0.15) is 12.5 Å². The standard InChI is InChI=1S/C21H18BrN5O3/c1-21(14-7-3-2-4-8-14)19(29)26(20(30)25-21)13-18(28)24-16-9-5-6-10-17(16)27-12-15(22)11-23-27/h2-12H,13H2,1H3,(H,24,28)(H,25,30). The average Bonchev–Trinajstić information content (AvgIpc) is 3.26. The number of amides is 4. The highest BCUT2D eigenvalue weighted by Gasteiger charge is 2.49. The number of anilines is 1. The quantitative estimate of drug-likeness (QED) is 0.563. The molecule has 1 saturated heterocycles. The molecule has 1 fully saturated rings. The van der Waals surface area contributed by atoms with Crippen molar-refractivity contribution < 1.29 is 14.4 Å². The van der Waals surface area contributed by atoms with Crippen LogP contribution in [0.25, 0.3) is 5.69 Å². The number of nitrogens with one attached hydrogen (secondary N) is 2. The first kappa shape index (κ1) is 19.8. The van der Waals surface area contributed by atoms with Gasteiger partial charge in [-0.1, -0.05) is 42.5 Å². The number of benzene rings is 2. The van der Waals surface area contributed by atoms with E-state index >= 15 is 0 Å². The lowest BCUT2D eigenvalue weighted by atomic mass is 9.92. The van der Waals surface area contributed by atoms with Gasteiger partial charge in [0.15, 0.2) is 0 Å².